The van der Waals surface area contributed by atoms with Crippen LogP contribution in [0.1, 0.15) is 56.7 Å². The lowest BCUT2D eigenvalue weighted by Crippen LogP contribution is -2.50. The molecule has 44 heavy (non-hydrogen) atoms. The van der Waals surface area contributed by atoms with Gasteiger partial charge in [0, 0.05) is 24.0 Å². The molecule has 4 aliphatic heterocycles. The van der Waals surface area contributed by atoms with Crippen molar-refractivity contribution in [3.63, 3.8) is 0 Å². The Bertz CT molecular complexity index is 1830. The van der Waals surface area contributed by atoms with Crippen molar-refractivity contribution >= 4 is 27.5 Å². The maximum Gasteiger partial charge on any atom is 0.319 e. The van der Waals surface area contributed by atoms with Gasteiger partial charge in [-0.2, -0.15) is 9.97 Å². The summed E-state index contributed by atoms with van der Waals surface area (Å²) >= 11 is 0. The van der Waals surface area contributed by atoms with E-state index in [1.165, 1.54) is 12.1 Å². The van der Waals surface area contributed by atoms with Gasteiger partial charge in [-0.3, -0.25) is 4.90 Å². The Kier molecular flexibility index (Phi) is 6.41. The number of aromatic nitrogens is 3. The lowest BCUT2D eigenvalue weighted by molar-refractivity contribution is 0.108. The number of pyridine rings is 1. The largest absolute Gasteiger partial charge is 0.508 e. The number of ether oxygens (including phenoxy) is 1. The van der Waals surface area contributed by atoms with E-state index in [1.807, 2.05) is 12.4 Å². The van der Waals surface area contributed by atoms with E-state index in [1.54, 1.807) is 19.1 Å². The number of anilines is 1. The maximum absolute atomic E-state index is 17.0. The van der Waals surface area contributed by atoms with Crippen molar-refractivity contribution < 1.29 is 18.6 Å². The number of nitrogens with zero attached hydrogens (tertiary/aromatic N) is 5. The molecular weight excluding hydrogens is 562 g/mol. The third-order valence-corrected chi connectivity index (χ3v) is 10.4. The summed E-state index contributed by atoms with van der Waals surface area (Å²) < 4.78 is 38.2. The van der Waals surface area contributed by atoms with Crippen molar-refractivity contribution in [1.29, 1.82) is 0 Å². The summed E-state index contributed by atoms with van der Waals surface area (Å²) in [5.41, 5.74) is 1.52. The molecule has 2 N–H and O–H groups in total. The molecule has 0 amide bonds. The van der Waals surface area contributed by atoms with Gasteiger partial charge in [-0.25, -0.2) is 13.8 Å². The topological polar surface area (TPSA) is 86.6 Å². The summed E-state index contributed by atoms with van der Waals surface area (Å²) in [7, 11) is 0. The predicted molar refractivity (Wildman–Crippen MR) is 166 cm³/mol. The zero-order valence-electron chi connectivity index (χ0n) is 25.0. The normalized spacial score (nSPS) is 22.2. The highest BCUT2D eigenvalue weighted by atomic mass is 19.1. The Morgan fingerprint density at radius 3 is 2.70 bits per heavy atom. The average Bonchev–Trinajstić information content (AvgIpc) is 3.57. The number of phenolic OH excluding ortho intramolecular Hbond substituents is 1. The van der Waals surface area contributed by atoms with Gasteiger partial charge in [0.2, 0.25) is 0 Å². The van der Waals surface area contributed by atoms with Crippen molar-refractivity contribution in [2.24, 2.45) is 0 Å². The van der Waals surface area contributed by atoms with Crippen molar-refractivity contribution in [1.82, 2.24) is 25.2 Å². The van der Waals surface area contributed by atoms with Gasteiger partial charge in [0.1, 0.15) is 35.2 Å². The van der Waals surface area contributed by atoms with E-state index in [2.05, 4.69) is 22.0 Å². The second-order valence-electron chi connectivity index (χ2n) is 12.8. The number of nitrogens with one attached hydrogen (secondary N) is 1. The minimum atomic E-state index is -0.640. The van der Waals surface area contributed by atoms with E-state index in [0.717, 1.165) is 51.6 Å². The standard InChI is InChI=1S/C34H36F2N6O2/c1-3-24-26-9-8-25-28-31(29(36)30(38-25)22-17-21(43)16-20-6-7-23(35)19(2)27(20)22)39-33(40-32(28)42(26)15-12-37-24)44-18-34-10-4-13-41(34)14-5-11-34/h6-7,12,15-17,24,26,37,43H,3-5,8-11,13-14,18H2,1-2H3/t24-,26+/m0/s1. The van der Waals surface area contributed by atoms with Gasteiger partial charge < -0.3 is 20.1 Å². The minimum absolute atomic E-state index is 0.0214. The molecule has 10 heteroatoms. The molecule has 2 atom stereocenters. The highest BCUT2D eigenvalue weighted by molar-refractivity contribution is 6.02. The number of hydrogen-bond acceptors (Lipinski definition) is 8. The third kappa shape index (κ3) is 4.13. The van der Waals surface area contributed by atoms with Crippen LogP contribution in [0.2, 0.25) is 0 Å². The second kappa shape index (κ2) is 10.3. The summed E-state index contributed by atoms with van der Waals surface area (Å²) in [4.78, 5) is 19.2. The van der Waals surface area contributed by atoms with E-state index in [-0.39, 0.29) is 40.6 Å². The Morgan fingerprint density at radius 1 is 1.09 bits per heavy atom. The molecule has 0 radical (unpaired) electrons. The van der Waals surface area contributed by atoms with Gasteiger partial charge >= 0.3 is 6.01 Å². The molecule has 2 fully saturated rings. The monoisotopic (exact) mass is 598 g/mol. The fraction of sp³-hybridized carbons (Fsp3) is 0.441. The SMILES string of the molecule is CC[C@@H]1NC=CN2c3nc(OCC45CCCN4CCC5)nc4c(F)c(-c5cc(O)cc6ccc(F)c(C)c56)nc(c34)CC[C@H]12. The van der Waals surface area contributed by atoms with E-state index in [4.69, 9.17) is 19.7 Å². The quantitative estimate of drug-likeness (QED) is 0.284. The zero-order valence-corrected chi connectivity index (χ0v) is 25.0. The molecule has 0 spiro atoms. The molecule has 8 nitrogen and oxygen atoms in total. The van der Waals surface area contributed by atoms with Crippen molar-refractivity contribution in [3.8, 4) is 23.0 Å². The fourth-order valence-electron chi connectivity index (χ4n) is 8.17. The van der Waals surface area contributed by atoms with Gasteiger partial charge in [-0.1, -0.05) is 13.0 Å². The van der Waals surface area contributed by atoms with Crippen LogP contribution >= 0.6 is 0 Å². The first-order valence-electron chi connectivity index (χ1n) is 15.8. The summed E-state index contributed by atoms with van der Waals surface area (Å²) in [5, 5.41) is 15.8. The third-order valence-electron chi connectivity index (χ3n) is 10.4. The van der Waals surface area contributed by atoms with Crippen molar-refractivity contribution in [3.05, 3.63) is 59.6 Å². The Hall–Kier alpha value is -4.05. The number of benzene rings is 2. The van der Waals surface area contributed by atoms with Gasteiger partial charge in [0.25, 0.3) is 0 Å². The van der Waals surface area contributed by atoms with Crippen LogP contribution in [0.15, 0.2) is 36.7 Å². The highest BCUT2D eigenvalue weighted by Gasteiger charge is 2.45. The number of aryl methyl sites for hydroxylation is 2. The van der Waals surface area contributed by atoms with E-state index >= 15 is 4.39 Å². The molecule has 0 unspecified atom stereocenters. The number of fused-ring (bicyclic) bond motifs is 4. The zero-order chi connectivity index (χ0) is 30.2. The molecule has 2 aromatic carbocycles. The lowest BCUT2D eigenvalue weighted by atomic mass is 9.95. The van der Waals surface area contributed by atoms with Crippen LogP contribution in [-0.4, -0.2) is 62.3 Å². The van der Waals surface area contributed by atoms with Crippen LogP contribution in [0, 0.1) is 18.6 Å². The number of halogens is 2. The summed E-state index contributed by atoms with van der Waals surface area (Å²) in [6.07, 6.45) is 10.6. The van der Waals surface area contributed by atoms with Crippen LogP contribution < -0.4 is 15.0 Å². The van der Waals surface area contributed by atoms with E-state index in [9.17, 15) is 9.50 Å². The molecule has 2 saturated heterocycles. The van der Waals surface area contributed by atoms with Crippen LogP contribution in [0.5, 0.6) is 11.8 Å². The van der Waals surface area contributed by atoms with Crippen LogP contribution in [0.4, 0.5) is 14.6 Å². The van der Waals surface area contributed by atoms with Crippen LogP contribution in [0.3, 0.4) is 0 Å². The Labute approximate surface area is 254 Å². The number of hydrogen-bond donors (Lipinski definition) is 2. The van der Waals surface area contributed by atoms with Crippen LogP contribution in [-0.2, 0) is 6.42 Å². The molecule has 2 aromatic heterocycles. The minimum Gasteiger partial charge on any atom is -0.508 e. The smallest absolute Gasteiger partial charge is 0.319 e. The second-order valence-corrected chi connectivity index (χ2v) is 12.8. The first-order valence-corrected chi connectivity index (χ1v) is 15.8. The summed E-state index contributed by atoms with van der Waals surface area (Å²) in [5.74, 6) is -0.502. The first-order chi connectivity index (χ1) is 21.4. The van der Waals surface area contributed by atoms with E-state index in [0.29, 0.717) is 51.8 Å². The maximum atomic E-state index is 17.0. The predicted octanol–water partition coefficient (Wildman–Crippen LogP) is 6.12. The summed E-state index contributed by atoms with van der Waals surface area (Å²) in [6.45, 7) is 6.41. The Morgan fingerprint density at radius 2 is 1.91 bits per heavy atom. The van der Waals surface area contributed by atoms with Gasteiger partial charge in [0.15, 0.2) is 5.82 Å². The molecule has 4 aromatic rings. The van der Waals surface area contributed by atoms with Gasteiger partial charge in [-0.15, -0.1) is 0 Å². The molecular formula is C34H36F2N6O2. The Balaban J connectivity index is 1.34. The molecule has 0 bridgehead atoms. The van der Waals surface area contributed by atoms with Crippen molar-refractivity contribution in [2.45, 2.75) is 76.4 Å². The number of phenols is 1. The molecule has 0 saturated carbocycles. The highest BCUT2D eigenvalue weighted by Crippen LogP contribution is 2.43. The van der Waals surface area contributed by atoms with Gasteiger partial charge in [-0.05, 0) is 99.5 Å². The molecule has 8 rings (SSSR count). The lowest BCUT2D eigenvalue weighted by Gasteiger charge is -2.38. The number of rotatable bonds is 5. The van der Waals surface area contributed by atoms with Crippen molar-refractivity contribution in [2.75, 3.05) is 24.6 Å². The molecule has 228 valence electrons. The van der Waals surface area contributed by atoms with Gasteiger partial charge in [0.05, 0.1) is 22.7 Å². The first kappa shape index (κ1) is 27.5. The van der Waals surface area contributed by atoms with Crippen LogP contribution in [0.25, 0.3) is 32.9 Å². The van der Waals surface area contributed by atoms with E-state index < -0.39 is 11.6 Å². The summed E-state index contributed by atoms with van der Waals surface area (Å²) in [6, 6.07) is 6.38. The average molecular weight is 599 g/mol. The number of aromatic hydroxyl groups is 1. The fourth-order valence-corrected chi connectivity index (χ4v) is 8.17. The molecule has 6 heterocycles. The molecule has 4 aliphatic rings. The molecule has 0 aliphatic carbocycles.